The Hall–Kier alpha value is -4.17. The van der Waals surface area contributed by atoms with Crippen LogP contribution in [0.25, 0.3) is 0 Å². The largest absolute Gasteiger partial charge is 0.385 e. The molecule has 0 heterocycles. The van der Waals surface area contributed by atoms with Crippen molar-refractivity contribution >= 4 is 29.1 Å². The zero-order valence-corrected chi connectivity index (χ0v) is 20.5. The molecule has 4 N–H and O–H groups in total. The molecule has 3 amide bonds. The molecule has 36 heavy (non-hydrogen) atoms. The van der Waals surface area contributed by atoms with E-state index in [1.165, 1.54) is 0 Å². The van der Waals surface area contributed by atoms with Gasteiger partial charge in [0.05, 0.1) is 12.6 Å². The second kappa shape index (κ2) is 13.7. The van der Waals surface area contributed by atoms with Gasteiger partial charge in [-0.25, -0.2) is 0 Å². The average molecular weight is 489 g/mol. The summed E-state index contributed by atoms with van der Waals surface area (Å²) < 4.78 is 4.97. The van der Waals surface area contributed by atoms with Crippen LogP contribution < -0.4 is 21.3 Å². The molecule has 188 valence electrons. The third kappa shape index (κ3) is 8.25. The molecule has 0 fully saturated rings. The third-order valence-electron chi connectivity index (χ3n) is 5.47. The lowest BCUT2D eigenvalue weighted by atomic mass is 10.1. The Morgan fingerprint density at radius 1 is 0.833 bits per heavy atom. The lowest BCUT2D eigenvalue weighted by molar-refractivity contribution is -0.114. The number of nitrogens with one attached hydrogen (secondary N) is 4. The number of carbonyl (C=O) groups is 3. The summed E-state index contributed by atoms with van der Waals surface area (Å²) in [6.45, 7) is 3.06. The lowest BCUT2D eigenvalue weighted by Gasteiger charge is -2.14. The first kappa shape index (κ1) is 26.4. The highest BCUT2D eigenvalue weighted by Crippen LogP contribution is 2.15. The quantitative estimate of drug-likeness (QED) is 0.288. The van der Waals surface area contributed by atoms with Crippen molar-refractivity contribution in [3.8, 4) is 0 Å². The van der Waals surface area contributed by atoms with Crippen LogP contribution in [-0.4, -0.2) is 44.5 Å². The molecular formula is C28H32N4O4. The van der Waals surface area contributed by atoms with Gasteiger partial charge in [0.25, 0.3) is 11.8 Å². The zero-order chi connectivity index (χ0) is 25.8. The highest BCUT2D eigenvalue weighted by molar-refractivity contribution is 5.97. The molecule has 8 nitrogen and oxygen atoms in total. The maximum absolute atomic E-state index is 12.5. The molecule has 0 radical (unpaired) electrons. The molecule has 0 aliphatic carbocycles. The molecule has 0 saturated carbocycles. The first-order valence-corrected chi connectivity index (χ1v) is 11.8. The van der Waals surface area contributed by atoms with Gasteiger partial charge in [0.1, 0.15) is 0 Å². The normalized spacial score (nSPS) is 11.3. The Morgan fingerprint density at radius 3 is 2.31 bits per heavy atom. The number of amides is 3. The molecule has 0 bridgehead atoms. The summed E-state index contributed by atoms with van der Waals surface area (Å²) in [5, 5.41) is 11.6. The molecule has 0 aromatic heterocycles. The van der Waals surface area contributed by atoms with Crippen molar-refractivity contribution in [1.29, 1.82) is 0 Å². The molecule has 1 atom stereocenters. The molecule has 3 aromatic carbocycles. The summed E-state index contributed by atoms with van der Waals surface area (Å²) in [4.78, 5) is 37.2. The van der Waals surface area contributed by atoms with Crippen molar-refractivity contribution in [3.05, 3.63) is 95.6 Å². The smallest absolute Gasteiger partial charge is 0.251 e. The van der Waals surface area contributed by atoms with Crippen LogP contribution in [-0.2, 0) is 9.53 Å². The number of ether oxygens (including phenoxy) is 1. The van der Waals surface area contributed by atoms with Crippen molar-refractivity contribution in [1.82, 2.24) is 10.6 Å². The van der Waals surface area contributed by atoms with Crippen molar-refractivity contribution in [2.24, 2.45) is 0 Å². The Morgan fingerprint density at radius 2 is 1.58 bits per heavy atom. The average Bonchev–Trinajstić information content (AvgIpc) is 2.91. The van der Waals surface area contributed by atoms with Crippen LogP contribution in [0.15, 0.2) is 78.9 Å². The fourth-order valence-electron chi connectivity index (χ4n) is 3.49. The van der Waals surface area contributed by atoms with Crippen LogP contribution >= 0.6 is 0 Å². The monoisotopic (exact) mass is 488 g/mol. The Labute approximate surface area is 211 Å². The molecule has 8 heteroatoms. The van der Waals surface area contributed by atoms with E-state index in [0.29, 0.717) is 35.7 Å². The second-order valence-electron chi connectivity index (χ2n) is 8.27. The van der Waals surface area contributed by atoms with E-state index in [9.17, 15) is 14.4 Å². The van der Waals surface area contributed by atoms with Gasteiger partial charge in [0.15, 0.2) is 0 Å². The summed E-state index contributed by atoms with van der Waals surface area (Å²) in [7, 11) is 1.62. The first-order chi connectivity index (χ1) is 17.5. The summed E-state index contributed by atoms with van der Waals surface area (Å²) in [6.07, 6.45) is 0.735. The van der Waals surface area contributed by atoms with Gasteiger partial charge in [-0.2, -0.15) is 0 Å². The van der Waals surface area contributed by atoms with Crippen molar-refractivity contribution in [3.63, 3.8) is 0 Å². The standard InChI is InChI=1S/C28H32N4O4/c1-20(21-8-4-3-5-9-21)31-28(35)22-12-14-24(15-13-22)32-26(33)19-30-25-11-6-10-23(18-25)27(34)29-16-7-17-36-2/h3-6,8-15,18,20,30H,7,16-17,19H2,1-2H3,(H,29,34)(H,31,35)(H,32,33). The zero-order valence-electron chi connectivity index (χ0n) is 20.5. The number of rotatable bonds is 12. The maximum Gasteiger partial charge on any atom is 0.251 e. The molecule has 0 aliphatic heterocycles. The van der Waals surface area contributed by atoms with E-state index < -0.39 is 0 Å². The molecular weight excluding hydrogens is 456 g/mol. The molecule has 0 saturated heterocycles. The van der Waals surface area contributed by atoms with Crippen LogP contribution in [0, 0.1) is 0 Å². The van der Waals surface area contributed by atoms with E-state index in [1.54, 1.807) is 55.6 Å². The number of methoxy groups -OCH3 is 1. The Bertz CT molecular complexity index is 1150. The maximum atomic E-state index is 12.5. The van der Waals surface area contributed by atoms with E-state index in [0.717, 1.165) is 12.0 Å². The van der Waals surface area contributed by atoms with E-state index in [1.807, 2.05) is 37.3 Å². The number of carbonyl (C=O) groups excluding carboxylic acids is 3. The van der Waals surface area contributed by atoms with Crippen LogP contribution in [0.3, 0.4) is 0 Å². The number of anilines is 2. The fraction of sp³-hybridized carbons (Fsp3) is 0.250. The van der Waals surface area contributed by atoms with Gasteiger partial charge < -0.3 is 26.0 Å². The van der Waals surface area contributed by atoms with Gasteiger partial charge in [0, 0.05) is 42.8 Å². The van der Waals surface area contributed by atoms with Crippen molar-refractivity contribution in [2.75, 3.05) is 37.4 Å². The molecule has 3 aromatic rings. The first-order valence-electron chi connectivity index (χ1n) is 11.8. The summed E-state index contributed by atoms with van der Waals surface area (Å²) in [5.41, 5.74) is 3.28. The van der Waals surface area contributed by atoms with Crippen molar-refractivity contribution < 1.29 is 19.1 Å². The molecule has 1 unspecified atom stereocenters. The van der Waals surface area contributed by atoms with Crippen molar-refractivity contribution in [2.45, 2.75) is 19.4 Å². The number of hydrogen-bond acceptors (Lipinski definition) is 5. The Kier molecular flexibility index (Phi) is 10.0. The predicted molar refractivity (Wildman–Crippen MR) is 141 cm³/mol. The van der Waals surface area contributed by atoms with Gasteiger partial charge >= 0.3 is 0 Å². The molecule has 0 spiro atoms. The van der Waals surface area contributed by atoms with Crippen LogP contribution in [0.5, 0.6) is 0 Å². The Balaban J connectivity index is 1.46. The summed E-state index contributed by atoms with van der Waals surface area (Å²) in [5.74, 6) is -0.616. The number of benzene rings is 3. The van der Waals surface area contributed by atoms with Gasteiger partial charge in [0.2, 0.25) is 5.91 Å². The van der Waals surface area contributed by atoms with E-state index in [4.69, 9.17) is 4.74 Å². The minimum absolute atomic E-state index is 0.0236. The highest BCUT2D eigenvalue weighted by atomic mass is 16.5. The summed E-state index contributed by atoms with van der Waals surface area (Å²) in [6, 6.07) is 23.3. The molecule has 3 rings (SSSR count). The lowest BCUT2D eigenvalue weighted by Crippen LogP contribution is -2.26. The van der Waals surface area contributed by atoms with Crippen LogP contribution in [0.2, 0.25) is 0 Å². The molecule has 0 aliphatic rings. The minimum Gasteiger partial charge on any atom is -0.385 e. The minimum atomic E-state index is -0.251. The topological polar surface area (TPSA) is 109 Å². The van der Waals surface area contributed by atoms with Crippen LogP contribution in [0.1, 0.15) is 45.7 Å². The predicted octanol–water partition coefficient (Wildman–Crippen LogP) is 3.99. The number of hydrogen-bond donors (Lipinski definition) is 4. The van der Waals surface area contributed by atoms with Gasteiger partial charge in [-0.1, -0.05) is 36.4 Å². The second-order valence-corrected chi connectivity index (χ2v) is 8.27. The van der Waals surface area contributed by atoms with E-state index >= 15 is 0 Å². The van der Waals surface area contributed by atoms with Gasteiger partial charge in [-0.05, 0) is 61.4 Å². The highest BCUT2D eigenvalue weighted by Gasteiger charge is 2.12. The SMILES string of the molecule is COCCCNC(=O)c1cccc(NCC(=O)Nc2ccc(C(=O)NC(C)c3ccccc3)cc2)c1. The third-order valence-corrected chi connectivity index (χ3v) is 5.47. The van der Waals surface area contributed by atoms with Crippen LogP contribution in [0.4, 0.5) is 11.4 Å². The van der Waals surface area contributed by atoms with E-state index in [-0.39, 0.29) is 30.3 Å². The van der Waals surface area contributed by atoms with Gasteiger partial charge in [-0.15, -0.1) is 0 Å². The van der Waals surface area contributed by atoms with E-state index in [2.05, 4.69) is 21.3 Å². The summed E-state index contributed by atoms with van der Waals surface area (Å²) >= 11 is 0. The van der Waals surface area contributed by atoms with Gasteiger partial charge in [-0.3, -0.25) is 14.4 Å². The fourth-order valence-corrected chi connectivity index (χ4v) is 3.49.